The van der Waals surface area contributed by atoms with E-state index < -0.39 is 0 Å². The molecule has 0 aromatic carbocycles. The molecule has 0 aromatic heterocycles. The van der Waals surface area contributed by atoms with E-state index in [-0.39, 0.29) is 25.8 Å². The van der Waals surface area contributed by atoms with Crippen LogP contribution in [0.4, 0.5) is 0 Å². The zero-order valence-electron chi connectivity index (χ0n) is 13.9. The van der Waals surface area contributed by atoms with Gasteiger partial charge in [0.2, 0.25) is 0 Å². The number of hydrogen-bond acceptors (Lipinski definition) is 0. The quantitative estimate of drug-likeness (QED) is 0.225. The summed E-state index contributed by atoms with van der Waals surface area (Å²) >= 11 is 0. The molecule has 2 aliphatic carbocycles. The van der Waals surface area contributed by atoms with Crippen LogP contribution in [0.25, 0.3) is 0 Å². The SMILES string of the molecule is CCCCCC1=[C-]CC=C1.CCCCCC1=[C-]CC=C1.[Hf]. The summed E-state index contributed by atoms with van der Waals surface area (Å²) in [6.07, 6.45) is 28.0. The number of rotatable bonds is 8. The predicted octanol–water partition coefficient (Wildman–Crippen LogP) is 6.51. The zero-order valence-corrected chi connectivity index (χ0v) is 17.5. The molecule has 0 bridgehead atoms. The number of hydrogen-bond donors (Lipinski definition) is 0. The Bertz CT molecular complexity index is 322. The summed E-state index contributed by atoms with van der Waals surface area (Å²) in [6, 6.07) is 0. The molecule has 0 amide bonds. The van der Waals surface area contributed by atoms with Gasteiger partial charge in [-0.3, -0.25) is 12.2 Å². The van der Waals surface area contributed by atoms with Gasteiger partial charge in [-0.05, 0) is 0 Å². The Kier molecular flexibility index (Phi) is 14.6. The van der Waals surface area contributed by atoms with Crippen LogP contribution >= 0.6 is 0 Å². The summed E-state index contributed by atoms with van der Waals surface area (Å²) in [5.41, 5.74) is 2.85. The molecule has 0 N–H and O–H groups in total. The van der Waals surface area contributed by atoms with Gasteiger partial charge in [-0.1, -0.05) is 65.2 Å². The molecular formula is C20H30Hf-2. The standard InChI is InChI=1S/2C10H15.Hf/c2*1-2-3-4-7-10-8-5-6-9-10;/h2*5,8H,2-4,6-7H2,1H3;/q2*-1;. The second kappa shape index (κ2) is 14.8. The van der Waals surface area contributed by atoms with Crippen LogP contribution < -0.4 is 0 Å². The first kappa shape index (κ1) is 20.8. The molecule has 0 nitrogen and oxygen atoms in total. The van der Waals surface area contributed by atoms with Crippen molar-refractivity contribution in [1.29, 1.82) is 0 Å². The summed E-state index contributed by atoms with van der Waals surface area (Å²) in [6.45, 7) is 4.48. The second-order valence-corrected chi connectivity index (χ2v) is 5.53. The minimum Gasteiger partial charge on any atom is -0.269 e. The van der Waals surface area contributed by atoms with Gasteiger partial charge in [-0.2, -0.15) is 12.2 Å². The monoisotopic (exact) mass is 450 g/mol. The van der Waals surface area contributed by atoms with E-state index in [0.29, 0.717) is 0 Å². The molecule has 2 rings (SSSR count). The molecule has 0 aromatic rings. The van der Waals surface area contributed by atoms with Crippen LogP contribution in [0.5, 0.6) is 0 Å². The van der Waals surface area contributed by atoms with E-state index in [1.54, 1.807) is 0 Å². The summed E-state index contributed by atoms with van der Waals surface area (Å²) in [4.78, 5) is 0. The Hall–Kier alpha value is -0.170. The molecule has 116 valence electrons. The summed E-state index contributed by atoms with van der Waals surface area (Å²) in [7, 11) is 0. The fourth-order valence-corrected chi connectivity index (χ4v) is 2.37. The summed E-state index contributed by atoms with van der Waals surface area (Å²) in [5.74, 6) is 0. The van der Waals surface area contributed by atoms with Gasteiger partial charge < -0.3 is 0 Å². The number of unbranched alkanes of at least 4 members (excludes halogenated alkanes) is 4. The Balaban J connectivity index is 0.000000364. The molecule has 2 aliphatic rings. The fourth-order valence-electron chi connectivity index (χ4n) is 2.37. The third-order valence-electron chi connectivity index (χ3n) is 3.63. The predicted molar refractivity (Wildman–Crippen MR) is 89.3 cm³/mol. The van der Waals surface area contributed by atoms with E-state index in [1.807, 2.05) is 0 Å². The maximum absolute atomic E-state index is 3.32. The van der Waals surface area contributed by atoms with Gasteiger partial charge in [0, 0.05) is 25.8 Å². The molecule has 1 heteroatoms. The van der Waals surface area contributed by atoms with Gasteiger partial charge in [-0.15, -0.1) is 12.8 Å². The maximum atomic E-state index is 3.32. The first-order valence-electron chi connectivity index (χ1n) is 8.39. The van der Waals surface area contributed by atoms with Crippen LogP contribution in [0.2, 0.25) is 0 Å². The summed E-state index contributed by atoms with van der Waals surface area (Å²) < 4.78 is 0. The van der Waals surface area contributed by atoms with Crippen LogP contribution in [0.15, 0.2) is 35.5 Å². The molecule has 0 aliphatic heterocycles. The average Bonchev–Trinajstić information content (AvgIpc) is 3.13. The van der Waals surface area contributed by atoms with E-state index in [9.17, 15) is 0 Å². The zero-order chi connectivity index (χ0) is 14.5. The minimum atomic E-state index is 0. The van der Waals surface area contributed by atoms with Crippen LogP contribution in [-0.4, -0.2) is 0 Å². The molecule has 0 saturated heterocycles. The summed E-state index contributed by atoms with van der Waals surface area (Å²) in [5, 5.41) is 0. The van der Waals surface area contributed by atoms with E-state index in [1.165, 1.54) is 62.5 Å². The van der Waals surface area contributed by atoms with Crippen molar-refractivity contribution in [3.05, 3.63) is 47.6 Å². The van der Waals surface area contributed by atoms with Crippen LogP contribution in [-0.2, 0) is 25.8 Å². The van der Waals surface area contributed by atoms with Gasteiger partial charge in [-0.25, -0.2) is 23.3 Å². The first-order valence-corrected chi connectivity index (χ1v) is 8.39. The van der Waals surface area contributed by atoms with Gasteiger partial charge in [0.1, 0.15) is 0 Å². The van der Waals surface area contributed by atoms with Crippen molar-refractivity contribution in [2.75, 3.05) is 0 Å². The Labute approximate surface area is 151 Å². The molecule has 0 radical (unpaired) electrons. The normalized spacial score (nSPS) is 15.1. The minimum absolute atomic E-state index is 0. The fraction of sp³-hybridized carbons (Fsp3) is 0.600. The van der Waals surface area contributed by atoms with Crippen molar-refractivity contribution in [2.24, 2.45) is 0 Å². The molecule has 0 saturated carbocycles. The molecule has 0 fully saturated rings. The molecule has 0 unspecified atom stereocenters. The van der Waals surface area contributed by atoms with Gasteiger partial charge >= 0.3 is 0 Å². The van der Waals surface area contributed by atoms with Gasteiger partial charge in [0.15, 0.2) is 0 Å². The third kappa shape index (κ3) is 11.1. The van der Waals surface area contributed by atoms with Crippen molar-refractivity contribution in [3.63, 3.8) is 0 Å². The Morgan fingerprint density at radius 3 is 1.48 bits per heavy atom. The molecule has 0 spiro atoms. The van der Waals surface area contributed by atoms with Crippen molar-refractivity contribution in [3.8, 4) is 0 Å². The van der Waals surface area contributed by atoms with E-state index in [4.69, 9.17) is 0 Å². The van der Waals surface area contributed by atoms with Crippen molar-refractivity contribution in [1.82, 2.24) is 0 Å². The number of allylic oxidation sites excluding steroid dienone is 8. The van der Waals surface area contributed by atoms with Crippen molar-refractivity contribution < 1.29 is 25.8 Å². The average molecular weight is 449 g/mol. The van der Waals surface area contributed by atoms with E-state index in [0.717, 1.165) is 12.8 Å². The van der Waals surface area contributed by atoms with Crippen molar-refractivity contribution in [2.45, 2.75) is 78.1 Å². The molecular weight excluding hydrogens is 419 g/mol. The third-order valence-corrected chi connectivity index (χ3v) is 3.63. The van der Waals surface area contributed by atoms with Gasteiger partial charge in [0.05, 0.1) is 0 Å². The first-order chi connectivity index (χ1) is 9.86. The van der Waals surface area contributed by atoms with Crippen LogP contribution in [0.3, 0.4) is 0 Å². The smallest absolute Gasteiger partial charge is 0 e. The Morgan fingerprint density at radius 2 is 1.19 bits per heavy atom. The molecule has 21 heavy (non-hydrogen) atoms. The molecule has 0 heterocycles. The van der Waals surface area contributed by atoms with E-state index >= 15 is 0 Å². The second-order valence-electron chi connectivity index (χ2n) is 5.53. The molecule has 0 atom stereocenters. The topological polar surface area (TPSA) is 0 Å². The van der Waals surface area contributed by atoms with Gasteiger partial charge in [0.25, 0.3) is 0 Å². The van der Waals surface area contributed by atoms with E-state index in [2.05, 4.69) is 50.3 Å². The van der Waals surface area contributed by atoms with Crippen LogP contribution in [0.1, 0.15) is 78.1 Å². The largest absolute Gasteiger partial charge is 0.269 e. The van der Waals surface area contributed by atoms with Crippen LogP contribution in [0, 0.1) is 12.2 Å². The van der Waals surface area contributed by atoms with Crippen molar-refractivity contribution >= 4 is 0 Å². The Morgan fingerprint density at radius 1 is 0.762 bits per heavy atom. The maximum Gasteiger partial charge on any atom is 0 e.